The molecule has 0 bridgehead atoms. The lowest BCUT2D eigenvalue weighted by atomic mass is 10.1. The van der Waals surface area contributed by atoms with Gasteiger partial charge in [0.2, 0.25) is 0 Å². The third-order valence-corrected chi connectivity index (χ3v) is 5.38. The van der Waals surface area contributed by atoms with E-state index in [0.29, 0.717) is 10.7 Å². The summed E-state index contributed by atoms with van der Waals surface area (Å²) in [5, 5.41) is 6.02. The lowest BCUT2D eigenvalue weighted by Crippen LogP contribution is -2.30. The van der Waals surface area contributed by atoms with E-state index in [2.05, 4.69) is 15.6 Å². The molecule has 0 atom stereocenters. The van der Waals surface area contributed by atoms with Crippen molar-refractivity contribution in [3.05, 3.63) is 101 Å². The van der Waals surface area contributed by atoms with E-state index in [1.54, 1.807) is 30.3 Å². The number of hydrogen-bond acceptors (Lipinski definition) is 4. The zero-order valence-corrected chi connectivity index (χ0v) is 17.1. The molecule has 1 heterocycles. The molecule has 0 spiro atoms. The second-order valence-corrected chi connectivity index (χ2v) is 7.76. The largest absolute Gasteiger partial charge is 0.317 e. The Morgan fingerprint density at radius 2 is 1.60 bits per heavy atom. The Hall–Kier alpha value is -3.77. The van der Waals surface area contributed by atoms with Gasteiger partial charge in [-0.2, -0.15) is 0 Å². The first kappa shape index (κ1) is 19.5. The van der Waals surface area contributed by atoms with Crippen molar-refractivity contribution in [3.63, 3.8) is 0 Å². The maximum absolute atomic E-state index is 13.0. The second-order valence-electron chi connectivity index (χ2n) is 6.73. The molecule has 2 N–H and O–H groups in total. The van der Waals surface area contributed by atoms with Gasteiger partial charge in [0.05, 0.1) is 10.2 Å². The van der Waals surface area contributed by atoms with E-state index >= 15 is 0 Å². The van der Waals surface area contributed by atoms with Crippen LogP contribution in [-0.2, 0) is 4.79 Å². The van der Waals surface area contributed by atoms with Crippen LogP contribution < -0.4 is 10.6 Å². The summed E-state index contributed by atoms with van der Waals surface area (Å²) in [4.78, 5) is 30.1. The first-order valence-corrected chi connectivity index (χ1v) is 10.2. The second kappa shape index (κ2) is 8.71. The van der Waals surface area contributed by atoms with Crippen molar-refractivity contribution in [2.24, 2.45) is 0 Å². The number of hydrogen-bond donors (Lipinski definition) is 2. The molecule has 6 heteroatoms. The van der Waals surface area contributed by atoms with Crippen LogP contribution in [0.5, 0.6) is 0 Å². The summed E-state index contributed by atoms with van der Waals surface area (Å²) in [6, 6.07) is 24.1. The number of anilines is 1. The van der Waals surface area contributed by atoms with Crippen molar-refractivity contribution in [1.29, 1.82) is 0 Å². The fraction of sp³-hybridized carbons (Fsp3) is 0.0417. The minimum Gasteiger partial charge on any atom is -0.317 e. The lowest BCUT2D eigenvalue weighted by molar-refractivity contribution is -0.113. The van der Waals surface area contributed by atoms with Gasteiger partial charge in [-0.3, -0.25) is 14.9 Å². The van der Waals surface area contributed by atoms with Gasteiger partial charge in [0.15, 0.2) is 5.13 Å². The Balaban J connectivity index is 1.62. The lowest BCUT2D eigenvalue weighted by Gasteiger charge is -2.10. The van der Waals surface area contributed by atoms with Crippen LogP contribution in [0.4, 0.5) is 5.13 Å². The molecule has 3 aromatic carbocycles. The Kier molecular flexibility index (Phi) is 5.68. The molecule has 0 fully saturated rings. The van der Waals surface area contributed by atoms with E-state index in [9.17, 15) is 9.59 Å². The summed E-state index contributed by atoms with van der Waals surface area (Å²) in [6.07, 6.45) is 1.66. The highest BCUT2D eigenvalue weighted by atomic mass is 32.1. The van der Waals surface area contributed by atoms with E-state index in [0.717, 1.165) is 21.3 Å². The Bertz CT molecular complexity index is 1200. The zero-order chi connectivity index (χ0) is 20.9. The van der Waals surface area contributed by atoms with E-state index in [1.165, 1.54) is 11.3 Å². The number of fused-ring (bicyclic) bond motifs is 1. The molecule has 148 valence electrons. The van der Waals surface area contributed by atoms with Crippen molar-refractivity contribution in [3.8, 4) is 0 Å². The molecule has 4 aromatic rings. The van der Waals surface area contributed by atoms with Gasteiger partial charge in [0.1, 0.15) is 5.70 Å². The van der Waals surface area contributed by atoms with Crippen LogP contribution >= 0.6 is 11.3 Å². The Morgan fingerprint density at radius 1 is 0.900 bits per heavy atom. The number of aryl methyl sites for hydroxylation is 1. The number of aromatic nitrogens is 1. The van der Waals surface area contributed by atoms with Gasteiger partial charge < -0.3 is 5.32 Å². The minimum absolute atomic E-state index is 0.145. The number of thiazole rings is 1. The molecule has 0 aliphatic heterocycles. The molecule has 0 radical (unpaired) electrons. The fourth-order valence-electron chi connectivity index (χ4n) is 2.86. The van der Waals surface area contributed by atoms with E-state index in [4.69, 9.17) is 0 Å². The smallest absolute Gasteiger partial charge is 0.273 e. The average molecular weight is 414 g/mol. The van der Waals surface area contributed by atoms with Crippen molar-refractivity contribution < 1.29 is 9.59 Å². The van der Waals surface area contributed by atoms with Gasteiger partial charge in [-0.15, -0.1) is 0 Å². The zero-order valence-electron chi connectivity index (χ0n) is 16.3. The fourth-order valence-corrected chi connectivity index (χ4v) is 3.72. The van der Waals surface area contributed by atoms with Gasteiger partial charge in [0.25, 0.3) is 11.8 Å². The van der Waals surface area contributed by atoms with Gasteiger partial charge in [0, 0.05) is 5.56 Å². The Morgan fingerprint density at radius 3 is 2.33 bits per heavy atom. The molecule has 30 heavy (non-hydrogen) atoms. The first-order chi connectivity index (χ1) is 14.6. The maximum atomic E-state index is 13.0. The van der Waals surface area contributed by atoms with Crippen LogP contribution in [-0.4, -0.2) is 16.8 Å². The maximum Gasteiger partial charge on any atom is 0.273 e. The normalized spacial score (nSPS) is 11.3. The quantitative estimate of drug-likeness (QED) is 0.452. The number of para-hydroxylation sites is 1. The number of rotatable bonds is 5. The predicted molar refractivity (Wildman–Crippen MR) is 121 cm³/mol. The monoisotopic (exact) mass is 413 g/mol. The van der Waals surface area contributed by atoms with Crippen LogP contribution in [0, 0.1) is 6.92 Å². The summed E-state index contributed by atoms with van der Waals surface area (Å²) < 4.78 is 0.977. The number of benzene rings is 3. The minimum atomic E-state index is -0.432. The van der Waals surface area contributed by atoms with Crippen LogP contribution in [0.3, 0.4) is 0 Å². The highest BCUT2D eigenvalue weighted by Crippen LogP contribution is 2.25. The van der Waals surface area contributed by atoms with Gasteiger partial charge in [-0.1, -0.05) is 71.5 Å². The number of amides is 2. The number of carbonyl (C=O) groups is 2. The number of carbonyl (C=O) groups excluding carboxylic acids is 2. The molecular weight excluding hydrogens is 394 g/mol. The van der Waals surface area contributed by atoms with Gasteiger partial charge in [-0.25, -0.2) is 4.98 Å². The molecule has 4 rings (SSSR count). The van der Waals surface area contributed by atoms with Crippen LogP contribution in [0.2, 0.25) is 0 Å². The molecule has 1 aromatic heterocycles. The topological polar surface area (TPSA) is 71.1 Å². The third kappa shape index (κ3) is 4.61. The molecule has 5 nitrogen and oxygen atoms in total. The molecular formula is C24H19N3O2S. The number of nitrogens with one attached hydrogen (secondary N) is 2. The first-order valence-electron chi connectivity index (χ1n) is 9.40. The highest BCUT2D eigenvalue weighted by molar-refractivity contribution is 7.22. The molecule has 0 aliphatic carbocycles. The van der Waals surface area contributed by atoms with Gasteiger partial charge >= 0.3 is 0 Å². The summed E-state index contributed by atoms with van der Waals surface area (Å²) in [5.41, 5.74) is 3.35. The van der Waals surface area contributed by atoms with Crippen LogP contribution in [0.15, 0.2) is 84.6 Å². The third-order valence-electron chi connectivity index (χ3n) is 4.43. The van der Waals surface area contributed by atoms with E-state index < -0.39 is 5.91 Å². The van der Waals surface area contributed by atoms with Crippen LogP contribution in [0.25, 0.3) is 16.3 Å². The highest BCUT2D eigenvalue weighted by Gasteiger charge is 2.16. The summed E-state index contributed by atoms with van der Waals surface area (Å²) in [6.45, 7) is 1.99. The standard InChI is InChI=1S/C24H19N3O2S/c1-16-11-13-17(14-12-16)15-20(25-22(28)18-7-3-2-4-8-18)23(29)27-24-26-19-9-5-6-10-21(19)30-24/h2-15H,1H3,(H,25,28)(H,26,27,29)/b20-15-. The SMILES string of the molecule is Cc1ccc(/C=C(\NC(=O)c2ccccc2)C(=O)Nc2nc3ccccc3s2)cc1. The molecule has 0 saturated carbocycles. The number of nitrogens with zero attached hydrogens (tertiary/aromatic N) is 1. The van der Waals surface area contributed by atoms with Crippen molar-refractivity contribution in [2.75, 3.05) is 5.32 Å². The molecule has 0 unspecified atom stereocenters. The summed E-state index contributed by atoms with van der Waals surface area (Å²) >= 11 is 1.38. The Labute approximate surface area is 178 Å². The van der Waals surface area contributed by atoms with Crippen molar-refractivity contribution >= 4 is 44.6 Å². The predicted octanol–water partition coefficient (Wildman–Crippen LogP) is 5.01. The van der Waals surface area contributed by atoms with Gasteiger partial charge in [-0.05, 0) is 42.8 Å². The molecule has 0 saturated heterocycles. The molecule has 0 aliphatic rings. The van der Waals surface area contributed by atoms with Crippen LogP contribution in [0.1, 0.15) is 21.5 Å². The van der Waals surface area contributed by atoms with E-state index in [-0.39, 0.29) is 11.6 Å². The summed E-state index contributed by atoms with van der Waals surface area (Å²) in [7, 11) is 0. The summed E-state index contributed by atoms with van der Waals surface area (Å²) in [5.74, 6) is -0.785. The van der Waals surface area contributed by atoms with Crippen molar-refractivity contribution in [1.82, 2.24) is 10.3 Å². The van der Waals surface area contributed by atoms with Crippen molar-refractivity contribution in [2.45, 2.75) is 6.92 Å². The molecule has 2 amide bonds. The average Bonchev–Trinajstić information content (AvgIpc) is 3.17. The van der Waals surface area contributed by atoms with E-state index in [1.807, 2.05) is 61.5 Å².